The average Bonchev–Trinajstić information content (AvgIpc) is 2.25. The van der Waals surface area contributed by atoms with Crippen LogP contribution in [0.5, 0.6) is 0 Å². The van der Waals surface area contributed by atoms with Crippen LogP contribution >= 0.6 is 22.6 Å². The molecule has 0 aromatic heterocycles. The van der Waals surface area contributed by atoms with Crippen molar-refractivity contribution in [2.24, 2.45) is 0 Å². The van der Waals surface area contributed by atoms with E-state index >= 15 is 0 Å². The highest BCUT2D eigenvalue weighted by atomic mass is 127. The van der Waals surface area contributed by atoms with Crippen LogP contribution in [0.1, 0.15) is 17.3 Å². The minimum atomic E-state index is -0.00721. The Bertz CT molecular complexity index is 366. The van der Waals surface area contributed by atoms with Crippen molar-refractivity contribution in [3.8, 4) is 0 Å². The Morgan fingerprint density at radius 1 is 1.50 bits per heavy atom. The van der Waals surface area contributed by atoms with Gasteiger partial charge in [0.15, 0.2) is 0 Å². The Hall–Kier alpha value is -0.620. The van der Waals surface area contributed by atoms with Gasteiger partial charge in [-0.2, -0.15) is 0 Å². The molecule has 1 rings (SSSR count). The maximum Gasteiger partial charge on any atom is 0.251 e. The summed E-state index contributed by atoms with van der Waals surface area (Å²) in [5, 5.41) is 2.92. The van der Waals surface area contributed by atoms with Gasteiger partial charge in [0.05, 0.1) is 0 Å². The molecule has 0 aliphatic heterocycles. The second kappa shape index (κ2) is 6.20. The Kier molecular flexibility index (Phi) is 5.21. The third-order valence-electron chi connectivity index (χ3n) is 2.53. The predicted octanol–water partition coefficient (Wildman–Crippen LogP) is 1.97. The van der Waals surface area contributed by atoms with E-state index in [-0.39, 0.29) is 5.91 Å². The van der Waals surface area contributed by atoms with Gasteiger partial charge in [0.2, 0.25) is 0 Å². The van der Waals surface area contributed by atoms with E-state index in [4.69, 9.17) is 0 Å². The lowest BCUT2D eigenvalue weighted by Gasteiger charge is -2.19. The zero-order valence-corrected chi connectivity index (χ0v) is 12.0. The van der Waals surface area contributed by atoms with Crippen molar-refractivity contribution >= 4 is 28.5 Å². The number of halogens is 1. The summed E-state index contributed by atoms with van der Waals surface area (Å²) in [7, 11) is 4.00. The van der Waals surface area contributed by atoms with E-state index in [9.17, 15) is 4.79 Å². The fraction of sp³-hybridized carbons (Fsp3) is 0.417. The van der Waals surface area contributed by atoms with Crippen LogP contribution in [0.4, 0.5) is 0 Å². The number of hydrogen-bond donors (Lipinski definition) is 1. The molecule has 0 aliphatic rings. The first-order chi connectivity index (χ1) is 7.50. The molecule has 4 heteroatoms. The first-order valence-electron chi connectivity index (χ1n) is 5.21. The fourth-order valence-electron chi connectivity index (χ4n) is 1.15. The Labute approximate surface area is 110 Å². The van der Waals surface area contributed by atoms with E-state index in [0.717, 1.165) is 9.13 Å². The van der Waals surface area contributed by atoms with Gasteiger partial charge in [0.1, 0.15) is 0 Å². The van der Waals surface area contributed by atoms with Gasteiger partial charge in [-0.25, -0.2) is 0 Å². The molecule has 1 unspecified atom stereocenters. The number of benzene rings is 1. The lowest BCUT2D eigenvalue weighted by molar-refractivity contribution is 0.0943. The molecule has 1 aromatic carbocycles. The summed E-state index contributed by atoms with van der Waals surface area (Å²) in [6.07, 6.45) is 0. The van der Waals surface area contributed by atoms with Crippen molar-refractivity contribution < 1.29 is 4.79 Å². The van der Waals surface area contributed by atoms with E-state index in [1.54, 1.807) is 0 Å². The lowest BCUT2D eigenvalue weighted by Crippen LogP contribution is -2.38. The summed E-state index contributed by atoms with van der Waals surface area (Å²) in [4.78, 5) is 13.9. The maximum atomic E-state index is 11.8. The first-order valence-corrected chi connectivity index (χ1v) is 6.29. The number of hydrogen-bond acceptors (Lipinski definition) is 2. The summed E-state index contributed by atoms with van der Waals surface area (Å²) in [5.74, 6) is -0.00721. The molecule has 1 amide bonds. The summed E-state index contributed by atoms with van der Waals surface area (Å²) in [5.41, 5.74) is 0.720. The standard InChI is InChI=1S/C12H17IN2O/c1-9(15(2)3)8-14-12(16)10-5-4-6-11(13)7-10/h4-7,9H,8H2,1-3H3,(H,14,16). The zero-order chi connectivity index (χ0) is 12.1. The van der Waals surface area contributed by atoms with Crippen LogP contribution in [0, 0.1) is 3.57 Å². The van der Waals surface area contributed by atoms with Gasteiger partial charge < -0.3 is 10.2 Å². The monoisotopic (exact) mass is 332 g/mol. The molecular weight excluding hydrogens is 315 g/mol. The molecule has 0 radical (unpaired) electrons. The largest absolute Gasteiger partial charge is 0.350 e. The van der Waals surface area contributed by atoms with E-state index in [2.05, 4.69) is 39.7 Å². The van der Waals surface area contributed by atoms with Gasteiger partial charge in [-0.15, -0.1) is 0 Å². The molecule has 88 valence electrons. The molecule has 0 fully saturated rings. The van der Waals surface area contributed by atoms with Crippen LogP contribution in [-0.2, 0) is 0 Å². The molecule has 1 aromatic rings. The molecular formula is C12H17IN2O. The van der Waals surface area contributed by atoms with Crippen LogP contribution in [-0.4, -0.2) is 37.5 Å². The van der Waals surface area contributed by atoms with Crippen molar-refractivity contribution in [3.05, 3.63) is 33.4 Å². The van der Waals surface area contributed by atoms with Gasteiger partial charge in [-0.3, -0.25) is 4.79 Å². The lowest BCUT2D eigenvalue weighted by atomic mass is 10.2. The van der Waals surface area contributed by atoms with E-state index in [1.165, 1.54) is 0 Å². The van der Waals surface area contributed by atoms with Crippen LogP contribution in [0.25, 0.3) is 0 Å². The summed E-state index contributed by atoms with van der Waals surface area (Å²) >= 11 is 2.20. The maximum absolute atomic E-state index is 11.8. The average molecular weight is 332 g/mol. The van der Waals surface area contributed by atoms with Gasteiger partial charge in [0.25, 0.3) is 5.91 Å². The van der Waals surface area contributed by atoms with Gasteiger partial charge in [-0.1, -0.05) is 6.07 Å². The highest BCUT2D eigenvalue weighted by molar-refractivity contribution is 14.1. The first kappa shape index (κ1) is 13.4. The van der Waals surface area contributed by atoms with E-state index in [1.807, 2.05) is 38.4 Å². The zero-order valence-electron chi connectivity index (χ0n) is 9.83. The molecule has 16 heavy (non-hydrogen) atoms. The summed E-state index contributed by atoms with van der Waals surface area (Å²) in [6.45, 7) is 2.74. The van der Waals surface area contributed by atoms with E-state index < -0.39 is 0 Å². The highest BCUT2D eigenvalue weighted by Gasteiger charge is 2.08. The quantitative estimate of drug-likeness (QED) is 0.855. The molecule has 0 heterocycles. The topological polar surface area (TPSA) is 32.3 Å². The summed E-state index contributed by atoms with van der Waals surface area (Å²) in [6, 6.07) is 7.92. The number of likely N-dealkylation sites (N-methyl/N-ethyl adjacent to an activating group) is 1. The van der Waals surface area contributed by atoms with E-state index in [0.29, 0.717) is 12.6 Å². The molecule has 0 aliphatic carbocycles. The van der Waals surface area contributed by atoms with Crippen molar-refractivity contribution in [2.45, 2.75) is 13.0 Å². The van der Waals surface area contributed by atoms with Crippen molar-refractivity contribution in [3.63, 3.8) is 0 Å². The normalized spacial score (nSPS) is 12.6. The molecule has 0 saturated carbocycles. The number of nitrogens with one attached hydrogen (secondary N) is 1. The molecule has 1 atom stereocenters. The molecule has 0 spiro atoms. The number of amides is 1. The predicted molar refractivity (Wildman–Crippen MR) is 74.6 cm³/mol. The Balaban J connectivity index is 2.53. The molecule has 0 saturated heterocycles. The van der Waals surface area contributed by atoms with Crippen molar-refractivity contribution in [1.29, 1.82) is 0 Å². The van der Waals surface area contributed by atoms with Crippen molar-refractivity contribution in [2.75, 3.05) is 20.6 Å². The number of rotatable bonds is 4. The second-order valence-electron chi connectivity index (χ2n) is 4.03. The smallest absolute Gasteiger partial charge is 0.251 e. The Morgan fingerprint density at radius 3 is 2.75 bits per heavy atom. The second-order valence-corrected chi connectivity index (χ2v) is 5.28. The fourth-order valence-corrected chi connectivity index (χ4v) is 1.70. The minimum absolute atomic E-state index is 0.00721. The van der Waals surface area contributed by atoms with Crippen molar-refractivity contribution in [1.82, 2.24) is 10.2 Å². The van der Waals surface area contributed by atoms with Gasteiger partial charge in [-0.05, 0) is 61.8 Å². The minimum Gasteiger partial charge on any atom is -0.350 e. The van der Waals surface area contributed by atoms with Crippen LogP contribution < -0.4 is 5.32 Å². The summed E-state index contributed by atoms with van der Waals surface area (Å²) < 4.78 is 1.07. The van der Waals surface area contributed by atoms with Gasteiger partial charge >= 0.3 is 0 Å². The van der Waals surface area contributed by atoms with Gasteiger partial charge in [0, 0.05) is 21.7 Å². The molecule has 0 bridgehead atoms. The van der Waals surface area contributed by atoms with Crippen LogP contribution in [0.2, 0.25) is 0 Å². The number of nitrogens with zero attached hydrogens (tertiary/aromatic N) is 1. The Morgan fingerprint density at radius 2 is 2.19 bits per heavy atom. The van der Waals surface area contributed by atoms with Crippen LogP contribution in [0.3, 0.4) is 0 Å². The van der Waals surface area contributed by atoms with Crippen LogP contribution in [0.15, 0.2) is 24.3 Å². The highest BCUT2D eigenvalue weighted by Crippen LogP contribution is 2.07. The third-order valence-corrected chi connectivity index (χ3v) is 3.20. The number of carbonyl (C=O) groups excluding carboxylic acids is 1. The molecule has 3 nitrogen and oxygen atoms in total. The number of carbonyl (C=O) groups is 1. The SMILES string of the molecule is CC(CNC(=O)c1cccc(I)c1)N(C)C. The third kappa shape index (κ3) is 4.09. The molecule has 1 N–H and O–H groups in total.